The third kappa shape index (κ3) is 5.79. The van der Waals surface area contributed by atoms with E-state index in [0.717, 1.165) is 7.11 Å². The molecule has 2 unspecified atom stereocenters. The van der Waals surface area contributed by atoms with Gasteiger partial charge in [-0.3, -0.25) is 19.2 Å². The SMILES string of the molecule is COC(=O)Oc1cccc2c(=O)n(-c3ccccc3C(=O)N[C@@H](C(=O)N[C@@H]3C(=O)N4C3SC(C)(C)C4C(=O)O)c3ccccc3)c(=O)oc12. The highest BCUT2D eigenvalue weighted by atomic mass is 32.2. The number of aliphatic carboxylic acids is 1. The van der Waals surface area contributed by atoms with Crippen LogP contribution in [0.1, 0.15) is 35.8 Å². The van der Waals surface area contributed by atoms with Gasteiger partial charge in [-0.1, -0.05) is 48.5 Å². The highest BCUT2D eigenvalue weighted by Gasteiger charge is 2.64. The molecule has 0 bridgehead atoms. The number of hydrogen-bond acceptors (Lipinski definition) is 11. The summed E-state index contributed by atoms with van der Waals surface area (Å²) < 4.78 is 14.7. The lowest BCUT2D eigenvalue weighted by Gasteiger charge is -2.44. The molecule has 3 heterocycles. The number of ether oxygens (including phenoxy) is 2. The molecule has 49 heavy (non-hydrogen) atoms. The number of nitrogens with zero attached hydrogens (tertiary/aromatic N) is 2. The van der Waals surface area contributed by atoms with Gasteiger partial charge in [0, 0.05) is 4.75 Å². The number of amides is 3. The molecule has 2 aliphatic heterocycles. The predicted molar refractivity (Wildman–Crippen MR) is 173 cm³/mol. The average Bonchev–Trinajstić information content (AvgIpc) is 3.34. The van der Waals surface area contributed by atoms with Crippen LogP contribution in [0.5, 0.6) is 5.75 Å². The van der Waals surface area contributed by atoms with Gasteiger partial charge in [0.2, 0.25) is 11.8 Å². The fraction of sp³-hybridized carbons (Fsp3) is 0.242. The number of aromatic nitrogens is 1. The van der Waals surface area contributed by atoms with Gasteiger partial charge in [0.15, 0.2) is 11.3 Å². The Kier molecular flexibility index (Phi) is 8.50. The number of carboxylic acids is 1. The molecule has 4 aromatic rings. The summed E-state index contributed by atoms with van der Waals surface area (Å²) >= 11 is 1.25. The Labute approximate surface area is 280 Å². The van der Waals surface area contributed by atoms with Crippen LogP contribution >= 0.6 is 11.8 Å². The Hall–Kier alpha value is -5.90. The second kappa shape index (κ2) is 12.6. The van der Waals surface area contributed by atoms with Crippen LogP contribution in [0.3, 0.4) is 0 Å². The highest BCUT2D eigenvalue weighted by molar-refractivity contribution is 8.01. The summed E-state index contributed by atoms with van der Waals surface area (Å²) in [7, 11) is 1.08. The Morgan fingerprint density at radius 1 is 0.959 bits per heavy atom. The number of carboxylic acid groups (broad SMARTS) is 1. The van der Waals surface area contributed by atoms with Crippen LogP contribution in [0.15, 0.2) is 86.8 Å². The van der Waals surface area contributed by atoms with Crippen LogP contribution in [0.4, 0.5) is 4.79 Å². The minimum atomic E-state index is -1.35. The zero-order chi connectivity index (χ0) is 35.2. The Balaban J connectivity index is 1.32. The molecule has 3 aromatic carbocycles. The number of carbonyl (C=O) groups is 5. The van der Waals surface area contributed by atoms with Gasteiger partial charge < -0.3 is 34.5 Å². The number of thioether (sulfide) groups is 1. The number of para-hydroxylation sites is 2. The van der Waals surface area contributed by atoms with Gasteiger partial charge in [-0.05, 0) is 43.7 Å². The normalized spacial score (nSPS) is 19.7. The van der Waals surface area contributed by atoms with Gasteiger partial charge in [-0.25, -0.2) is 19.0 Å². The fourth-order valence-electron chi connectivity index (χ4n) is 5.94. The van der Waals surface area contributed by atoms with Gasteiger partial charge in [0.1, 0.15) is 23.5 Å². The smallest absolute Gasteiger partial charge is 0.480 e. The van der Waals surface area contributed by atoms with Crippen LogP contribution < -0.4 is 26.7 Å². The molecule has 1 aromatic heterocycles. The van der Waals surface area contributed by atoms with Crippen LogP contribution in [0.25, 0.3) is 16.7 Å². The lowest BCUT2D eigenvalue weighted by atomic mass is 9.95. The van der Waals surface area contributed by atoms with Crippen LogP contribution in [0, 0.1) is 0 Å². The minimum absolute atomic E-state index is 0.143. The number of fused-ring (bicyclic) bond motifs is 2. The van der Waals surface area contributed by atoms with Gasteiger partial charge >= 0.3 is 17.9 Å². The van der Waals surface area contributed by atoms with E-state index in [1.807, 2.05) is 0 Å². The topological polar surface area (TPSA) is 204 Å². The van der Waals surface area contributed by atoms with Crippen molar-refractivity contribution in [2.75, 3.05) is 7.11 Å². The van der Waals surface area contributed by atoms with Gasteiger partial charge in [0.25, 0.3) is 11.5 Å². The molecular formula is C33H28N4O11S. The lowest BCUT2D eigenvalue weighted by molar-refractivity contribution is -0.161. The molecule has 15 nitrogen and oxygen atoms in total. The van der Waals surface area contributed by atoms with Crippen LogP contribution in [0.2, 0.25) is 0 Å². The molecule has 3 N–H and O–H groups in total. The largest absolute Gasteiger partial charge is 0.513 e. The molecule has 252 valence electrons. The van der Waals surface area contributed by atoms with E-state index in [0.29, 0.717) is 10.1 Å². The molecule has 0 saturated carbocycles. The molecule has 2 aliphatic rings. The maximum Gasteiger partial charge on any atom is 0.513 e. The standard InChI is InChI=1S/C33H28N4O11S/c1-33(2)24(30(42)43)37-28(41)22(29(37)49-33)35-26(39)21(16-10-5-4-6-11-16)34-25(38)17-12-7-8-14-19(17)36-27(40)18-13-9-15-20(47-32(45)46-3)23(18)48-31(36)44/h4-15,21-22,24,29H,1-3H3,(H,34,38)(H,35,39)(H,42,43)/t21-,22-,24?,29?/m1/s1. The number of carbonyl (C=O) groups excluding carboxylic acids is 4. The van der Waals surface area contributed by atoms with E-state index >= 15 is 0 Å². The summed E-state index contributed by atoms with van der Waals surface area (Å²) in [5.41, 5.74) is -1.18. The first-order valence-corrected chi connectivity index (χ1v) is 15.6. The molecular weight excluding hydrogens is 660 g/mol. The van der Waals surface area contributed by atoms with Gasteiger partial charge in [-0.2, -0.15) is 0 Å². The molecule has 2 saturated heterocycles. The summed E-state index contributed by atoms with van der Waals surface area (Å²) in [6.07, 6.45) is -1.10. The molecule has 3 amide bonds. The van der Waals surface area contributed by atoms with E-state index in [2.05, 4.69) is 15.4 Å². The number of methoxy groups -OCH3 is 1. The van der Waals surface area contributed by atoms with Crippen LogP contribution in [-0.2, 0) is 19.1 Å². The van der Waals surface area contributed by atoms with Crippen LogP contribution in [-0.4, -0.2) is 73.7 Å². The van der Waals surface area contributed by atoms with Crippen molar-refractivity contribution in [3.8, 4) is 11.4 Å². The molecule has 0 spiro atoms. The zero-order valence-electron chi connectivity index (χ0n) is 26.1. The Bertz CT molecular complexity index is 2150. The molecule has 0 radical (unpaired) electrons. The summed E-state index contributed by atoms with van der Waals surface area (Å²) in [5.74, 6) is -4.73. The Morgan fingerprint density at radius 2 is 1.65 bits per heavy atom. The summed E-state index contributed by atoms with van der Waals surface area (Å²) in [4.78, 5) is 92.5. The molecule has 16 heteroatoms. The molecule has 4 atom stereocenters. The average molecular weight is 689 g/mol. The number of nitrogens with one attached hydrogen (secondary N) is 2. The Morgan fingerprint density at radius 3 is 2.35 bits per heavy atom. The van der Waals surface area contributed by atoms with Crippen molar-refractivity contribution < 1.29 is 43.0 Å². The number of benzene rings is 3. The number of rotatable bonds is 8. The van der Waals surface area contributed by atoms with Crippen molar-refractivity contribution in [2.24, 2.45) is 0 Å². The highest BCUT2D eigenvalue weighted by Crippen LogP contribution is 2.50. The number of β-lactam (4-membered cyclic amide) rings is 1. The van der Waals surface area contributed by atoms with Crippen molar-refractivity contribution in [3.63, 3.8) is 0 Å². The fourth-order valence-corrected chi connectivity index (χ4v) is 7.57. The van der Waals surface area contributed by atoms with E-state index < -0.39 is 69.4 Å². The second-order valence-electron chi connectivity index (χ2n) is 11.6. The summed E-state index contributed by atoms with van der Waals surface area (Å²) in [6.45, 7) is 3.42. The second-order valence-corrected chi connectivity index (χ2v) is 13.4. The predicted octanol–water partition coefficient (Wildman–Crippen LogP) is 2.19. The quantitative estimate of drug-likeness (QED) is 0.139. The maximum absolute atomic E-state index is 13.9. The van der Waals surface area contributed by atoms with Crippen molar-refractivity contribution in [1.82, 2.24) is 20.1 Å². The van der Waals surface area contributed by atoms with Crippen molar-refractivity contribution in [2.45, 2.75) is 42.1 Å². The third-order valence-corrected chi connectivity index (χ3v) is 9.75. The van der Waals surface area contributed by atoms with E-state index in [1.165, 1.54) is 59.1 Å². The molecule has 0 aliphatic carbocycles. The van der Waals surface area contributed by atoms with E-state index in [4.69, 9.17) is 9.15 Å². The van der Waals surface area contributed by atoms with E-state index in [9.17, 15) is 38.7 Å². The van der Waals surface area contributed by atoms with Crippen molar-refractivity contribution in [3.05, 3.63) is 105 Å². The zero-order valence-corrected chi connectivity index (χ0v) is 26.9. The van der Waals surface area contributed by atoms with E-state index in [1.54, 1.807) is 44.2 Å². The lowest BCUT2D eigenvalue weighted by Crippen LogP contribution is -2.71. The molecule has 2 fully saturated rings. The first kappa shape index (κ1) is 33.0. The first-order valence-electron chi connectivity index (χ1n) is 14.8. The number of hydrogen-bond donors (Lipinski definition) is 3. The summed E-state index contributed by atoms with van der Waals surface area (Å²) in [6, 6.07) is 14.4. The van der Waals surface area contributed by atoms with Crippen molar-refractivity contribution in [1.29, 1.82) is 0 Å². The monoisotopic (exact) mass is 688 g/mol. The van der Waals surface area contributed by atoms with Crippen molar-refractivity contribution >= 4 is 52.6 Å². The molecule has 6 rings (SSSR count). The minimum Gasteiger partial charge on any atom is -0.480 e. The maximum atomic E-state index is 13.9. The van der Waals surface area contributed by atoms with Gasteiger partial charge in [-0.15, -0.1) is 11.8 Å². The summed E-state index contributed by atoms with van der Waals surface area (Å²) in [5, 5.41) is 14.3. The first-order chi connectivity index (χ1) is 23.3. The van der Waals surface area contributed by atoms with E-state index in [-0.39, 0.29) is 28.0 Å². The van der Waals surface area contributed by atoms with Gasteiger partial charge in [0.05, 0.1) is 23.7 Å². The third-order valence-electron chi connectivity index (χ3n) is 8.18.